The first-order valence-corrected chi connectivity index (χ1v) is 8.81. The van der Waals surface area contributed by atoms with Crippen LogP contribution >= 0.6 is 0 Å². The number of hydrogen-bond donors (Lipinski definition) is 2. The largest absolute Gasteiger partial charge is 0.391 e. The van der Waals surface area contributed by atoms with Crippen molar-refractivity contribution in [2.45, 2.75) is 89.4 Å². The highest BCUT2D eigenvalue weighted by Crippen LogP contribution is 2.29. The predicted molar refractivity (Wildman–Crippen MR) is 82.9 cm³/mol. The summed E-state index contributed by atoms with van der Waals surface area (Å²) in [5.74, 6) is 0.752. The first-order valence-electron chi connectivity index (χ1n) is 8.81. The second-order valence-corrected chi connectivity index (χ2v) is 6.80. The molecule has 0 spiro atoms. The fourth-order valence-electron chi connectivity index (χ4n) is 3.73. The molecule has 118 valence electrons. The summed E-state index contributed by atoms with van der Waals surface area (Å²) < 4.78 is 5.93. The summed E-state index contributed by atoms with van der Waals surface area (Å²) in [6.45, 7) is 3.90. The zero-order valence-corrected chi connectivity index (χ0v) is 13.2. The molecule has 2 aliphatic carbocycles. The van der Waals surface area contributed by atoms with Crippen molar-refractivity contribution in [1.82, 2.24) is 5.32 Å². The van der Waals surface area contributed by atoms with Crippen LogP contribution in [0.3, 0.4) is 0 Å². The Morgan fingerprint density at radius 1 is 1.10 bits per heavy atom. The number of nitrogens with one attached hydrogen (secondary N) is 1. The standard InChI is InChI=1S/C17H33NO2/c1-2-11-18-15-7-9-17(10-8-15)20-13-16(19)12-14-5-3-4-6-14/h14-19H,2-13H2,1H3. The highest BCUT2D eigenvalue weighted by Gasteiger charge is 2.23. The molecule has 2 rings (SSSR count). The van der Waals surface area contributed by atoms with Gasteiger partial charge in [-0.05, 0) is 51.0 Å². The van der Waals surface area contributed by atoms with Crippen molar-refractivity contribution in [3.05, 3.63) is 0 Å². The highest BCUT2D eigenvalue weighted by molar-refractivity contribution is 4.78. The van der Waals surface area contributed by atoms with Crippen LogP contribution in [0.15, 0.2) is 0 Å². The third kappa shape index (κ3) is 5.71. The summed E-state index contributed by atoms with van der Waals surface area (Å²) in [5, 5.41) is 13.7. The van der Waals surface area contributed by atoms with Crippen LogP contribution in [0.1, 0.15) is 71.1 Å². The molecule has 0 amide bonds. The monoisotopic (exact) mass is 283 g/mol. The first kappa shape index (κ1) is 16.3. The number of ether oxygens (including phenoxy) is 1. The van der Waals surface area contributed by atoms with E-state index in [1.54, 1.807) is 0 Å². The second kappa shape index (κ2) is 9.01. The summed E-state index contributed by atoms with van der Waals surface area (Å²) >= 11 is 0. The summed E-state index contributed by atoms with van der Waals surface area (Å²) in [6.07, 6.45) is 12.4. The predicted octanol–water partition coefficient (Wildman–Crippen LogP) is 3.26. The minimum Gasteiger partial charge on any atom is -0.391 e. The molecule has 0 heterocycles. The quantitative estimate of drug-likeness (QED) is 0.718. The Morgan fingerprint density at radius 3 is 2.45 bits per heavy atom. The smallest absolute Gasteiger partial charge is 0.0776 e. The van der Waals surface area contributed by atoms with E-state index in [0.29, 0.717) is 18.8 Å². The molecule has 2 fully saturated rings. The zero-order chi connectivity index (χ0) is 14.2. The maximum absolute atomic E-state index is 10.1. The molecular formula is C17H33NO2. The van der Waals surface area contributed by atoms with Crippen LogP contribution in [0.4, 0.5) is 0 Å². The van der Waals surface area contributed by atoms with Gasteiger partial charge >= 0.3 is 0 Å². The lowest BCUT2D eigenvalue weighted by molar-refractivity contribution is -0.0330. The zero-order valence-electron chi connectivity index (χ0n) is 13.2. The van der Waals surface area contributed by atoms with E-state index >= 15 is 0 Å². The Bertz CT molecular complexity index is 245. The van der Waals surface area contributed by atoms with Gasteiger partial charge in [0.2, 0.25) is 0 Å². The maximum Gasteiger partial charge on any atom is 0.0776 e. The molecule has 2 N–H and O–H groups in total. The number of aliphatic hydroxyl groups is 1. The molecule has 0 aliphatic heterocycles. The van der Waals surface area contributed by atoms with E-state index < -0.39 is 0 Å². The van der Waals surface area contributed by atoms with Crippen molar-refractivity contribution in [2.75, 3.05) is 13.2 Å². The topological polar surface area (TPSA) is 41.5 Å². The minimum atomic E-state index is -0.242. The van der Waals surface area contributed by atoms with Gasteiger partial charge in [-0.15, -0.1) is 0 Å². The number of aliphatic hydroxyl groups excluding tert-OH is 1. The van der Waals surface area contributed by atoms with E-state index in [-0.39, 0.29) is 6.10 Å². The molecule has 2 aliphatic rings. The normalized spacial score (nSPS) is 29.7. The molecule has 0 aromatic carbocycles. The summed E-state index contributed by atoms with van der Waals surface area (Å²) in [4.78, 5) is 0. The van der Waals surface area contributed by atoms with Crippen molar-refractivity contribution in [3.8, 4) is 0 Å². The van der Waals surface area contributed by atoms with Crippen LogP contribution in [-0.4, -0.2) is 36.5 Å². The average Bonchev–Trinajstić information content (AvgIpc) is 2.97. The second-order valence-electron chi connectivity index (χ2n) is 6.80. The fraction of sp³-hybridized carbons (Fsp3) is 1.00. The Morgan fingerprint density at radius 2 is 1.80 bits per heavy atom. The van der Waals surface area contributed by atoms with Crippen LogP contribution in [0.25, 0.3) is 0 Å². The lowest BCUT2D eigenvalue weighted by atomic mass is 9.93. The van der Waals surface area contributed by atoms with E-state index in [4.69, 9.17) is 4.74 Å². The molecule has 0 radical (unpaired) electrons. The van der Waals surface area contributed by atoms with Gasteiger partial charge in [0.05, 0.1) is 18.8 Å². The van der Waals surface area contributed by atoms with Gasteiger partial charge in [-0.2, -0.15) is 0 Å². The van der Waals surface area contributed by atoms with Crippen LogP contribution in [-0.2, 0) is 4.74 Å². The van der Waals surface area contributed by atoms with Gasteiger partial charge in [-0.25, -0.2) is 0 Å². The molecule has 20 heavy (non-hydrogen) atoms. The average molecular weight is 283 g/mol. The Hall–Kier alpha value is -0.120. The van der Waals surface area contributed by atoms with Crippen molar-refractivity contribution in [3.63, 3.8) is 0 Å². The Kier molecular flexibility index (Phi) is 7.32. The van der Waals surface area contributed by atoms with E-state index in [1.807, 2.05) is 0 Å². The molecular weight excluding hydrogens is 250 g/mol. The van der Waals surface area contributed by atoms with Gasteiger partial charge < -0.3 is 15.2 Å². The van der Waals surface area contributed by atoms with E-state index in [0.717, 1.165) is 31.7 Å². The van der Waals surface area contributed by atoms with Crippen LogP contribution in [0, 0.1) is 5.92 Å². The van der Waals surface area contributed by atoms with Crippen molar-refractivity contribution in [2.24, 2.45) is 5.92 Å². The Balaban J connectivity index is 1.53. The van der Waals surface area contributed by atoms with Crippen LogP contribution in [0.2, 0.25) is 0 Å². The molecule has 3 heteroatoms. The van der Waals surface area contributed by atoms with Gasteiger partial charge in [0.15, 0.2) is 0 Å². The SMILES string of the molecule is CCCNC1CCC(OCC(O)CC2CCCC2)CC1. The third-order valence-corrected chi connectivity index (χ3v) is 4.96. The number of hydrogen-bond acceptors (Lipinski definition) is 3. The molecule has 0 bridgehead atoms. The summed E-state index contributed by atoms with van der Waals surface area (Å²) in [5.41, 5.74) is 0. The Labute approximate surface area is 124 Å². The van der Waals surface area contributed by atoms with Crippen LogP contribution < -0.4 is 5.32 Å². The highest BCUT2D eigenvalue weighted by atomic mass is 16.5. The van der Waals surface area contributed by atoms with Crippen molar-refractivity contribution < 1.29 is 9.84 Å². The molecule has 0 aromatic rings. The molecule has 3 nitrogen and oxygen atoms in total. The van der Waals surface area contributed by atoms with Crippen LogP contribution in [0.5, 0.6) is 0 Å². The third-order valence-electron chi connectivity index (χ3n) is 4.96. The lowest BCUT2D eigenvalue weighted by Crippen LogP contribution is -2.36. The lowest BCUT2D eigenvalue weighted by Gasteiger charge is -2.30. The van der Waals surface area contributed by atoms with E-state index in [2.05, 4.69) is 12.2 Å². The van der Waals surface area contributed by atoms with Gasteiger partial charge in [0, 0.05) is 6.04 Å². The van der Waals surface area contributed by atoms with Gasteiger partial charge in [0.1, 0.15) is 0 Å². The summed E-state index contributed by atoms with van der Waals surface area (Å²) in [7, 11) is 0. The molecule has 1 unspecified atom stereocenters. The van der Waals surface area contributed by atoms with Crippen molar-refractivity contribution in [1.29, 1.82) is 0 Å². The molecule has 0 saturated heterocycles. The van der Waals surface area contributed by atoms with E-state index in [9.17, 15) is 5.11 Å². The summed E-state index contributed by atoms with van der Waals surface area (Å²) in [6, 6.07) is 0.693. The minimum absolute atomic E-state index is 0.242. The fourth-order valence-corrected chi connectivity index (χ4v) is 3.73. The number of rotatable bonds is 8. The van der Waals surface area contributed by atoms with E-state index in [1.165, 1.54) is 44.9 Å². The van der Waals surface area contributed by atoms with Gasteiger partial charge in [-0.3, -0.25) is 0 Å². The van der Waals surface area contributed by atoms with Gasteiger partial charge in [-0.1, -0.05) is 32.6 Å². The molecule has 1 atom stereocenters. The van der Waals surface area contributed by atoms with Gasteiger partial charge in [0.25, 0.3) is 0 Å². The molecule has 2 saturated carbocycles. The van der Waals surface area contributed by atoms with Crippen molar-refractivity contribution >= 4 is 0 Å². The first-order chi connectivity index (χ1) is 9.78. The maximum atomic E-state index is 10.1. The molecule has 0 aromatic heterocycles.